The van der Waals surface area contributed by atoms with Gasteiger partial charge >= 0.3 is 0 Å². The third-order valence-corrected chi connectivity index (χ3v) is 6.15. The van der Waals surface area contributed by atoms with E-state index in [2.05, 4.69) is 37.2 Å². The maximum Gasteiger partial charge on any atom is 0.128 e. The maximum atomic E-state index is 14.2. The Balaban J connectivity index is 2.44. The van der Waals surface area contributed by atoms with Gasteiger partial charge in [-0.05, 0) is 63.0 Å². The van der Waals surface area contributed by atoms with Crippen LogP contribution in [0.3, 0.4) is 0 Å². The minimum Gasteiger partial charge on any atom is -0.306 e. The summed E-state index contributed by atoms with van der Waals surface area (Å²) in [5.41, 5.74) is 1.62. The van der Waals surface area contributed by atoms with Crippen LogP contribution in [-0.4, -0.2) is 6.54 Å². The summed E-state index contributed by atoms with van der Waals surface area (Å²) in [7, 11) is 0. The van der Waals surface area contributed by atoms with Crippen LogP contribution < -0.4 is 5.32 Å². The van der Waals surface area contributed by atoms with Crippen molar-refractivity contribution in [2.75, 3.05) is 6.54 Å². The molecule has 0 saturated carbocycles. The molecule has 1 aromatic heterocycles. The van der Waals surface area contributed by atoms with E-state index in [1.165, 1.54) is 0 Å². The molecule has 0 aliphatic rings. The van der Waals surface area contributed by atoms with Crippen LogP contribution in [-0.2, 0) is 0 Å². The Bertz CT molecular complexity index is 563. The third kappa shape index (κ3) is 3.45. The Labute approximate surface area is 133 Å². The second-order valence-corrected chi connectivity index (χ2v) is 7.54. The highest BCUT2D eigenvalue weighted by Crippen LogP contribution is 2.38. The fourth-order valence-corrected chi connectivity index (χ4v) is 4.12. The molecule has 0 aliphatic carbocycles. The molecule has 0 fully saturated rings. The molecule has 1 unspecified atom stereocenters. The lowest BCUT2D eigenvalue weighted by Crippen LogP contribution is -2.22. The fraction of sp³-hybridized carbons (Fsp3) is 0.286. The van der Waals surface area contributed by atoms with Crippen LogP contribution in [0.2, 0.25) is 0 Å². The van der Waals surface area contributed by atoms with Gasteiger partial charge in [-0.2, -0.15) is 0 Å². The predicted octanol–water partition coefficient (Wildman–Crippen LogP) is 5.42. The molecule has 1 nitrogen and oxygen atoms in total. The Morgan fingerprint density at radius 1 is 1.32 bits per heavy atom. The van der Waals surface area contributed by atoms with Crippen molar-refractivity contribution in [2.45, 2.75) is 19.9 Å². The van der Waals surface area contributed by atoms with Gasteiger partial charge in [-0.3, -0.25) is 0 Å². The zero-order valence-corrected chi connectivity index (χ0v) is 14.6. The van der Waals surface area contributed by atoms with E-state index in [4.69, 9.17) is 0 Å². The molecule has 0 amide bonds. The predicted molar refractivity (Wildman–Crippen MR) is 86.4 cm³/mol. The largest absolute Gasteiger partial charge is 0.306 e. The number of rotatable bonds is 4. The SMILES string of the molecule is CCNC(c1cc(Br)c(Br)s1)c1ccc(C)cc1F. The van der Waals surface area contributed by atoms with Gasteiger partial charge in [0, 0.05) is 14.9 Å². The van der Waals surface area contributed by atoms with Crippen LogP contribution in [0.4, 0.5) is 4.39 Å². The molecule has 0 spiro atoms. The fourth-order valence-electron chi connectivity index (χ4n) is 1.94. The van der Waals surface area contributed by atoms with Crippen molar-refractivity contribution >= 4 is 43.2 Å². The van der Waals surface area contributed by atoms with Gasteiger partial charge in [0.25, 0.3) is 0 Å². The molecule has 0 bridgehead atoms. The van der Waals surface area contributed by atoms with E-state index < -0.39 is 0 Å². The van der Waals surface area contributed by atoms with Gasteiger partial charge in [-0.15, -0.1) is 11.3 Å². The number of benzene rings is 1. The second-order valence-electron chi connectivity index (χ2n) is 4.29. The van der Waals surface area contributed by atoms with E-state index in [1.807, 2.05) is 32.0 Å². The van der Waals surface area contributed by atoms with E-state index in [0.717, 1.165) is 25.2 Å². The van der Waals surface area contributed by atoms with Gasteiger partial charge in [0.15, 0.2) is 0 Å². The highest BCUT2D eigenvalue weighted by atomic mass is 79.9. The smallest absolute Gasteiger partial charge is 0.128 e. The standard InChI is InChI=1S/C14H14Br2FNS/c1-3-18-13(12-7-10(15)14(16)19-12)9-5-4-8(2)6-11(9)17/h4-7,13,18H,3H2,1-2H3. The molecular formula is C14H14Br2FNS. The first kappa shape index (κ1) is 15.2. The topological polar surface area (TPSA) is 12.0 Å². The highest BCUT2D eigenvalue weighted by Gasteiger charge is 2.20. The van der Waals surface area contributed by atoms with Crippen LogP contribution in [0.15, 0.2) is 32.5 Å². The van der Waals surface area contributed by atoms with E-state index in [9.17, 15) is 4.39 Å². The number of aryl methyl sites for hydroxylation is 1. The highest BCUT2D eigenvalue weighted by molar-refractivity contribution is 9.13. The van der Waals surface area contributed by atoms with Crippen LogP contribution in [0.1, 0.15) is 29.0 Å². The molecular weight excluding hydrogens is 393 g/mol. The van der Waals surface area contributed by atoms with Crippen molar-refractivity contribution < 1.29 is 4.39 Å². The molecule has 0 radical (unpaired) electrons. The maximum absolute atomic E-state index is 14.2. The summed E-state index contributed by atoms with van der Waals surface area (Å²) in [6.45, 7) is 4.70. The number of halogens is 3. The molecule has 1 atom stereocenters. The van der Waals surface area contributed by atoms with Gasteiger partial charge in [-0.25, -0.2) is 4.39 Å². The number of hydrogen-bond donors (Lipinski definition) is 1. The van der Waals surface area contributed by atoms with E-state index >= 15 is 0 Å². The Hall–Kier alpha value is -0.230. The molecule has 19 heavy (non-hydrogen) atoms. The summed E-state index contributed by atoms with van der Waals surface area (Å²) in [4.78, 5) is 1.09. The minimum absolute atomic E-state index is 0.113. The van der Waals surface area contributed by atoms with E-state index in [-0.39, 0.29) is 11.9 Å². The zero-order chi connectivity index (χ0) is 14.0. The summed E-state index contributed by atoms with van der Waals surface area (Å²) in [5, 5.41) is 3.34. The lowest BCUT2D eigenvalue weighted by atomic mass is 10.0. The minimum atomic E-state index is -0.161. The average Bonchev–Trinajstić information content (AvgIpc) is 2.67. The van der Waals surface area contributed by atoms with Crippen LogP contribution >= 0.6 is 43.2 Å². The lowest BCUT2D eigenvalue weighted by Gasteiger charge is -2.18. The first-order valence-corrected chi connectivity index (χ1v) is 8.37. The third-order valence-electron chi connectivity index (χ3n) is 2.82. The average molecular weight is 407 g/mol. The van der Waals surface area contributed by atoms with Crippen LogP contribution in [0, 0.1) is 12.7 Å². The van der Waals surface area contributed by atoms with Gasteiger partial charge in [0.1, 0.15) is 5.82 Å². The van der Waals surface area contributed by atoms with Crippen LogP contribution in [0.5, 0.6) is 0 Å². The Morgan fingerprint density at radius 2 is 2.05 bits per heavy atom. The monoisotopic (exact) mass is 405 g/mol. The normalized spacial score (nSPS) is 12.7. The quantitative estimate of drug-likeness (QED) is 0.714. The molecule has 5 heteroatoms. The van der Waals surface area contributed by atoms with Crippen molar-refractivity contribution in [2.24, 2.45) is 0 Å². The summed E-state index contributed by atoms with van der Waals surface area (Å²) < 4.78 is 16.2. The second kappa shape index (κ2) is 6.48. The molecule has 2 aromatic rings. The zero-order valence-electron chi connectivity index (χ0n) is 10.6. The summed E-state index contributed by atoms with van der Waals surface area (Å²) in [6.07, 6.45) is 0. The molecule has 1 heterocycles. The van der Waals surface area contributed by atoms with Crippen LogP contribution in [0.25, 0.3) is 0 Å². The van der Waals surface area contributed by atoms with Crippen molar-refractivity contribution in [1.82, 2.24) is 5.32 Å². The van der Waals surface area contributed by atoms with Crippen molar-refractivity contribution in [3.8, 4) is 0 Å². The summed E-state index contributed by atoms with van der Waals surface area (Å²) >= 11 is 8.58. The first-order valence-electron chi connectivity index (χ1n) is 5.97. The molecule has 1 N–H and O–H groups in total. The van der Waals surface area contributed by atoms with E-state index in [1.54, 1.807) is 17.4 Å². The summed E-state index contributed by atoms with van der Waals surface area (Å²) in [6, 6.07) is 7.30. The lowest BCUT2D eigenvalue weighted by molar-refractivity contribution is 0.562. The van der Waals surface area contributed by atoms with Gasteiger partial charge < -0.3 is 5.32 Å². The molecule has 2 rings (SSSR count). The van der Waals surface area contributed by atoms with Gasteiger partial charge in [0.2, 0.25) is 0 Å². The van der Waals surface area contributed by atoms with Crippen molar-refractivity contribution in [3.05, 3.63) is 54.3 Å². The molecule has 1 aromatic carbocycles. The van der Waals surface area contributed by atoms with Crippen molar-refractivity contribution in [1.29, 1.82) is 0 Å². The Kier molecular flexibility index (Phi) is 5.17. The first-order chi connectivity index (χ1) is 9.02. The number of nitrogens with one attached hydrogen (secondary N) is 1. The number of hydrogen-bond acceptors (Lipinski definition) is 2. The molecule has 102 valence electrons. The van der Waals surface area contributed by atoms with Gasteiger partial charge in [0.05, 0.1) is 9.83 Å². The number of thiophene rings is 1. The Morgan fingerprint density at radius 3 is 2.58 bits per heavy atom. The molecule has 0 saturated heterocycles. The summed E-state index contributed by atoms with van der Waals surface area (Å²) in [5.74, 6) is -0.161. The van der Waals surface area contributed by atoms with Crippen molar-refractivity contribution in [3.63, 3.8) is 0 Å². The van der Waals surface area contributed by atoms with E-state index in [0.29, 0.717) is 5.56 Å². The van der Waals surface area contributed by atoms with Gasteiger partial charge in [-0.1, -0.05) is 19.1 Å². The molecule has 0 aliphatic heterocycles.